The Bertz CT molecular complexity index is 487. The maximum Gasteiger partial charge on any atom is 0.156 e. The molecular formula is C11H15N3O2. The lowest BCUT2D eigenvalue weighted by molar-refractivity contribution is -0.0244. The number of aromatic nitrogens is 3. The zero-order valence-corrected chi connectivity index (χ0v) is 9.58. The lowest BCUT2D eigenvalue weighted by Crippen LogP contribution is -2.37. The SMILES string of the molecule is CC(Oc1cnc2ccnn2c1)C(C)(C)O. The second kappa shape index (κ2) is 3.75. The number of rotatable bonds is 3. The molecule has 0 aliphatic carbocycles. The van der Waals surface area contributed by atoms with E-state index < -0.39 is 5.60 Å². The number of hydrogen-bond donors (Lipinski definition) is 1. The number of nitrogens with zero attached hydrogens (tertiary/aromatic N) is 3. The Balaban J connectivity index is 2.21. The normalized spacial score (nSPS) is 14.0. The first-order chi connectivity index (χ1) is 7.47. The van der Waals surface area contributed by atoms with E-state index in [0.717, 1.165) is 5.65 Å². The van der Waals surface area contributed by atoms with E-state index in [1.165, 1.54) is 0 Å². The lowest BCUT2D eigenvalue weighted by Gasteiger charge is -2.26. The number of ether oxygens (including phenoxy) is 1. The van der Waals surface area contributed by atoms with Gasteiger partial charge in [-0.05, 0) is 20.8 Å². The van der Waals surface area contributed by atoms with Crippen LogP contribution in [0.15, 0.2) is 24.7 Å². The molecular weight excluding hydrogens is 206 g/mol. The van der Waals surface area contributed by atoms with Gasteiger partial charge in [-0.2, -0.15) is 5.10 Å². The third kappa shape index (κ3) is 2.14. The molecule has 0 spiro atoms. The molecule has 2 aromatic heterocycles. The molecule has 5 nitrogen and oxygen atoms in total. The third-order valence-electron chi connectivity index (χ3n) is 2.53. The highest BCUT2D eigenvalue weighted by atomic mass is 16.5. The first-order valence-electron chi connectivity index (χ1n) is 5.15. The average Bonchev–Trinajstić information content (AvgIpc) is 2.63. The zero-order chi connectivity index (χ0) is 11.8. The Morgan fingerprint density at radius 3 is 2.94 bits per heavy atom. The minimum Gasteiger partial charge on any atom is -0.484 e. The standard InChI is InChI=1S/C11H15N3O2/c1-8(11(2,3)15)16-9-6-12-10-4-5-13-14(10)7-9/h4-8,15H,1-3H3. The van der Waals surface area contributed by atoms with E-state index in [1.54, 1.807) is 37.0 Å². The van der Waals surface area contributed by atoms with Gasteiger partial charge in [-0.15, -0.1) is 0 Å². The second-order valence-corrected chi connectivity index (χ2v) is 4.34. The van der Waals surface area contributed by atoms with Crippen LogP contribution in [0.4, 0.5) is 0 Å². The number of hydrogen-bond acceptors (Lipinski definition) is 4. The summed E-state index contributed by atoms with van der Waals surface area (Å²) in [6.45, 7) is 5.22. The molecule has 0 aromatic carbocycles. The van der Waals surface area contributed by atoms with E-state index in [4.69, 9.17) is 4.74 Å². The molecule has 0 radical (unpaired) electrons. The van der Waals surface area contributed by atoms with Crippen LogP contribution in [0.3, 0.4) is 0 Å². The van der Waals surface area contributed by atoms with Gasteiger partial charge in [0.2, 0.25) is 0 Å². The fourth-order valence-corrected chi connectivity index (χ4v) is 1.20. The van der Waals surface area contributed by atoms with E-state index in [2.05, 4.69) is 10.1 Å². The van der Waals surface area contributed by atoms with E-state index in [1.807, 2.05) is 13.0 Å². The van der Waals surface area contributed by atoms with Crippen molar-refractivity contribution in [3.63, 3.8) is 0 Å². The predicted octanol–water partition coefficient (Wildman–Crippen LogP) is 1.27. The summed E-state index contributed by atoms with van der Waals surface area (Å²) in [6, 6.07) is 1.81. The molecule has 2 aromatic rings. The molecule has 1 atom stereocenters. The molecule has 1 N–H and O–H groups in total. The van der Waals surface area contributed by atoms with Crippen molar-refractivity contribution >= 4 is 5.65 Å². The van der Waals surface area contributed by atoms with Gasteiger partial charge in [0.05, 0.1) is 24.2 Å². The lowest BCUT2D eigenvalue weighted by atomic mass is 10.0. The average molecular weight is 221 g/mol. The summed E-state index contributed by atoms with van der Waals surface area (Å²) in [4.78, 5) is 4.17. The van der Waals surface area contributed by atoms with E-state index in [9.17, 15) is 5.11 Å². The van der Waals surface area contributed by atoms with Crippen molar-refractivity contribution in [2.75, 3.05) is 0 Å². The van der Waals surface area contributed by atoms with Crippen LogP contribution in [0.25, 0.3) is 5.65 Å². The van der Waals surface area contributed by atoms with Gasteiger partial charge < -0.3 is 9.84 Å². The van der Waals surface area contributed by atoms with Gasteiger partial charge in [0.1, 0.15) is 6.10 Å². The topological polar surface area (TPSA) is 59.7 Å². The Morgan fingerprint density at radius 2 is 2.25 bits per heavy atom. The first-order valence-corrected chi connectivity index (χ1v) is 5.15. The molecule has 5 heteroatoms. The Labute approximate surface area is 93.7 Å². The van der Waals surface area contributed by atoms with Crippen LogP contribution < -0.4 is 4.74 Å². The molecule has 0 amide bonds. The zero-order valence-electron chi connectivity index (χ0n) is 9.58. The highest BCUT2D eigenvalue weighted by molar-refractivity contribution is 5.37. The smallest absolute Gasteiger partial charge is 0.156 e. The first kappa shape index (κ1) is 10.9. The van der Waals surface area contributed by atoms with Gasteiger partial charge in [0.15, 0.2) is 11.4 Å². The van der Waals surface area contributed by atoms with Crippen molar-refractivity contribution in [2.45, 2.75) is 32.5 Å². The molecule has 0 aliphatic heterocycles. The number of fused-ring (bicyclic) bond motifs is 1. The van der Waals surface area contributed by atoms with Gasteiger partial charge in [0.25, 0.3) is 0 Å². The van der Waals surface area contributed by atoms with E-state index in [0.29, 0.717) is 5.75 Å². The molecule has 0 fully saturated rings. The maximum atomic E-state index is 9.75. The van der Waals surface area contributed by atoms with Crippen molar-refractivity contribution in [1.82, 2.24) is 14.6 Å². The molecule has 0 bridgehead atoms. The Hall–Kier alpha value is -1.62. The van der Waals surface area contributed by atoms with Crippen molar-refractivity contribution < 1.29 is 9.84 Å². The molecule has 0 saturated heterocycles. The number of aliphatic hydroxyl groups is 1. The Morgan fingerprint density at radius 1 is 1.50 bits per heavy atom. The third-order valence-corrected chi connectivity index (χ3v) is 2.53. The van der Waals surface area contributed by atoms with Crippen LogP contribution >= 0.6 is 0 Å². The molecule has 16 heavy (non-hydrogen) atoms. The van der Waals surface area contributed by atoms with Crippen LogP contribution in [0.5, 0.6) is 5.75 Å². The van der Waals surface area contributed by atoms with Crippen LogP contribution in [-0.2, 0) is 0 Å². The van der Waals surface area contributed by atoms with Crippen LogP contribution in [0.2, 0.25) is 0 Å². The predicted molar refractivity (Wildman–Crippen MR) is 59.4 cm³/mol. The maximum absolute atomic E-state index is 9.75. The minimum absolute atomic E-state index is 0.317. The Kier molecular flexibility index (Phi) is 2.55. The van der Waals surface area contributed by atoms with Crippen molar-refractivity contribution in [3.05, 3.63) is 24.7 Å². The molecule has 1 unspecified atom stereocenters. The van der Waals surface area contributed by atoms with Crippen LogP contribution in [-0.4, -0.2) is 31.4 Å². The van der Waals surface area contributed by atoms with Gasteiger partial charge in [-0.1, -0.05) is 0 Å². The second-order valence-electron chi connectivity index (χ2n) is 4.34. The summed E-state index contributed by atoms with van der Waals surface area (Å²) >= 11 is 0. The highest BCUT2D eigenvalue weighted by Crippen LogP contribution is 2.17. The highest BCUT2D eigenvalue weighted by Gasteiger charge is 2.24. The molecule has 86 valence electrons. The minimum atomic E-state index is -0.890. The van der Waals surface area contributed by atoms with Gasteiger partial charge >= 0.3 is 0 Å². The summed E-state index contributed by atoms with van der Waals surface area (Å²) in [7, 11) is 0. The van der Waals surface area contributed by atoms with Crippen LogP contribution in [0, 0.1) is 0 Å². The summed E-state index contributed by atoms with van der Waals surface area (Å²) in [5.41, 5.74) is -0.123. The van der Waals surface area contributed by atoms with Crippen molar-refractivity contribution in [3.8, 4) is 5.75 Å². The van der Waals surface area contributed by atoms with Gasteiger partial charge in [0, 0.05) is 6.07 Å². The summed E-state index contributed by atoms with van der Waals surface area (Å²) in [6.07, 6.45) is 4.72. The van der Waals surface area contributed by atoms with Gasteiger partial charge in [-0.25, -0.2) is 9.50 Å². The molecule has 0 aliphatic rings. The van der Waals surface area contributed by atoms with E-state index >= 15 is 0 Å². The molecule has 0 saturated carbocycles. The summed E-state index contributed by atoms with van der Waals surface area (Å²) in [5, 5.41) is 13.8. The fraction of sp³-hybridized carbons (Fsp3) is 0.455. The summed E-state index contributed by atoms with van der Waals surface area (Å²) < 4.78 is 7.21. The van der Waals surface area contributed by atoms with Gasteiger partial charge in [-0.3, -0.25) is 0 Å². The largest absolute Gasteiger partial charge is 0.484 e. The van der Waals surface area contributed by atoms with E-state index in [-0.39, 0.29) is 6.10 Å². The molecule has 2 rings (SSSR count). The molecule has 2 heterocycles. The summed E-state index contributed by atoms with van der Waals surface area (Å²) in [5.74, 6) is 0.589. The van der Waals surface area contributed by atoms with Crippen molar-refractivity contribution in [2.24, 2.45) is 0 Å². The van der Waals surface area contributed by atoms with Crippen LogP contribution in [0.1, 0.15) is 20.8 Å². The monoisotopic (exact) mass is 221 g/mol. The fourth-order valence-electron chi connectivity index (χ4n) is 1.20. The quantitative estimate of drug-likeness (QED) is 0.847. The van der Waals surface area contributed by atoms with Crippen molar-refractivity contribution in [1.29, 1.82) is 0 Å².